The molecule has 1 N–H and O–H groups in total. The number of rotatable bonds is 8. The summed E-state index contributed by atoms with van der Waals surface area (Å²) in [6.07, 6.45) is -0.516. The summed E-state index contributed by atoms with van der Waals surface area (Å²) in [5, 5.41) is 0. The fourth-order valence-electron chi connectivity index (χ4n) is 3.57. The van der Waals surface area contributed by atoms with Crippen LogP contribution in [0, 0.1) is 0 Å². The number of ether oxygens (including phenoxy) is 4. The summed E-state index contributed by atoms with van der Waals surface area (Å²) in [5.74, 6) is -0.952. The molecule has 10 nitrogen and oxygen atoms in total. The van der Waals surface area contributed by atoms with Crippen LogP contribution in [0.15, 0.2) is 30.3 Å². The Kier molecular flexibility index (Phi) is 6.62. The van der Waals surface area contributed by atoms with Gasteiger partial charge in [-0.25, -0.2) is 8.42 Å². The van der Waals surface area contributed by atoms with Gasteiger partial charge in [-0.15, -0.1) is 0 Å². The van der Waals surface area contributed by atoms with Gasteiger partial charge in [-0.3, -0.25) is 4.18 Å². The Morgan fingerprint density at radius 1 is 1.10 bits per heavy atom. The van der Waals surface area contributed by atoms with Crippen LogP contribution in [0.3, 0.4) is 0 Å². The largest absolute Gasteiger partial charge is 0.366 e. The molecule has 12 heteroatoms. The Labute approximate surface area is 177 Å². The van der Waals surface area contributed by atoms with E-state index < -0.39 is 56.6 Å². The number of hydrogen-bond acceptors (Lipinski definition) is 9. The SMILES string of the molecule is CC1(C)O[C@H]2[C@@H](OCc3ccccc3)[C@](COS(C)(=O)=O)(NS(C)(=O)=O)OC[C@H]2O1. The second kappa shape index (κ2) is 8.43. The van der Waals surface area contributed by atoms with E-state index in [1.54, 1.807) is 13.8 Å². The molecule has 0 spiro atoms. The van der Waals surface area contributed by atoms with Gasteiger partial charge in [0.15, 0.2) is 11.5 Å². The minimum Gasteiger partial charge on any atom is -0.366 e. The molecule has 1 aromatic carbocycles. The summed E-state index contributed by atoms with van der Waals surface area (Å²) in [6, 6.07) is 9.22. The van der Waals surface area contributed by atoms with E-state index in [9.17, 15) is 16.8 Å². The first-order valence-electron chi connectivity index (χ1n) is 9.27. The van der Waals surface area contributed by atoms with Gasteiger partial charge in [0.2, 0.25) is 10.0 Å². The van der Waals surface area contributed by atoms with E-state index in [1.165, 1.54) is 0 Å². The van der Waals surface area contributed by atoms with Crippen molar-refractivity contribution in [3.8, 4) is 0 Å². The van der Waals surface area contributed by atoms with Gasteiger partial charge in [-0.05, 0) is 19.4 Å². The molecule has 1 aromatic rings. The standard InChI is InChI=1S/C18H27NO9S2/c1-17(2)27-14-11-25-18(19-29(3,20)21,12-26-30(4,22)23)16(15(14)28-17)24-10-13-8-6-5-7-9-13/h5-9,14-16,19H,10-12H2,1-4H3/t14-,15-,16-,18-/m1/s1. The van der Waals surface area contributed by atoms with Crippen molar-refractivity contribution in [3.05, 3.63) is 35.9 Å². The summed E-state index contributed by atoms with van der Waals surface area (Å²) in [7, 11) is -7.74. The zero-order chi connectivity index (χ0) is 22.2. The van der Waals surface area contributed by atoms with Crippen molar-refractivity contribution in [1.29, 1.82) is 0 Å². The summed E-state index contributed by atoms with van der Waals surface area (Å²) >= 11 is 0. The average molecular weight is 466 g/mol. The fraction of sp³-hybridized carbons (Fsp3) is 0.667. The van der Waals surface area contributed by atoms with E-state index in [-0.39, 0.29) is 13.2 Å². The van der Waals surface area contributed by atoms with Crippen molar-refractivity contribution < 1.29 is 40.0 Å². The maximum atomic E-state index is 12.1. The number of hydrogen-bond donors (Lipinski definition) is 1. The van der Waals surface area contributed by atoms with Gasteiger partial charge < -0.3 is 18.9 Å². The van der Waals surface area contributed by atoms with Gasteiger partial charge in [0.1, 0.15) is 24.9 Å². The molecule has 0 saturated carbocycles. The molecule has 2 saturated heterocycles. The first-order chi connectivity index (χ1) is 13.8. The zero-order valence-corrected chi connectivity index (χ0v) is 18.9. The highest BCUT2D eigenvalue weighted by Crippen LogP contribution is 2.39. The molecule has 0 bridgehead atoms. The predicted molar refractivity (Wildman–Crippen MR) is 106 cm³/mol. The van der Waals surface area contributed by atoms with Crippen LogP contribution in [0.1, 0.15) is 19.4 Å². The normalized spacial score (nSPS) is 31.4. The molecule has 2 heterocycles. The van der Waals surface area contributed by atoms with Crippen molar-refractivity contribution in [2.24, 2.45) is 0 Å². The zero-order valence-electron chi connectivity index (χ0n) is 17.2. The number of sulfonamides is 1. The molecule has 0 aliphatic carbocycles. The second-order valence-corrected chi connectivity index (χ2v) is 11.3. The summed E-state index contributed by atoms with van der Waals surface area (Å²) < 4.78 is 78.6. The van der Waals surface area contributed by atoms with Crippen LogP contribution >= 0.6 is 0 Å². The lowest BCUT2D eigenvalue weighted by Gasteiger charge is -2.46. The van der Waals surface area contributed by atoms with E-state index in [4.69, 9.17) is 23.1 Å². The van der Waals surface area contributed by atoms with Crippen molar-refractivity contribution in [1.82, 2.24) is 4.72 Å². The van der Waals surface area contributed by atoms with Crippen LogP contribution in [0.5, 0.6) is 0 Å². The molecule has 3 rings (SSSR count). The van der Waals surface area contributed by atoms with Crippen LogP contribution in [-0.4, -0.2) is 72.4 Å². The molecular formula is C18H27NO9S2. The first kappa shape index (κ1) is 23.5. The van der Waals surface area contributed by atoms with Crippen molar-refractivity contribution in [2.75, 3.05) is 25.7 Å². The third-order valence-corrected chi connectivity index (χ3v) is 5.86. The Balaban J connectivity index is 1.96. The van der Waals surface area contributed by atoms with Gasteiger partial charge in [-0.1, -0.05) is 30.3 Å². The third-order valence-electron chi connectivity index (χ3n) is 4.60. The summed E-state index contributed by atoms with van der Waals surface area (Å²) in [6.45, 7) is 2.87. The molecule has 0 aromatic heterocycles. The Hall–Kier alpha value is -1.12. The number of benzene rings is 1. The highest BCUT2D eigenvalue weighted by molar-refractivity contribution is 7.88. The molecule has 2 fully saturated rings. The number of nitrogens with one attached hydrogen (secondary N) is 1. The van der Waals surface area contributed by atoms with Gasteiger partial charge in [0, 0.05) is 0 Å². The average Bonchev–Trinajstić information content (AvgIpc) is 2.92. The summed E-state index contributed by atoms with van der Waals surface area (Å²) in [4.78, 5) is 0. The topological polar surface area (TPSA) is 126 Å². The first-order valence-corrected chi connectivity index (χ1v) is 13.0. The molecule has 2 aliphatic rings. The number of fused-ring (bicyclic) bond motifs is 1. The lowest BCUT2D eigenvalue weighted by Crippen LogP contribution is -2.70. The monoisotopic (exact) mass is 465 g/mol. The molecule has 30 heavy (non-hydrogen) atoms. The lowest BCUT2D eigenvalue weighted by molar-refractivity contribution is -0.243. The smallest absolute Gasteiger partial charge is 0.264 e. The Morgan fingerprint density at radius 2 is 1.77 bits per heavy atom. The van der Waals surface area contributed by atoms with E-state index in [0.29, 0.717) is 0 Å². The van der Waals surface area contributed by atoms with E-state index in [2.05, 4.69) is 4.72 Å². The predicted octanol–water partition coefficient (Wildman–Crippen LogP) is 0.344. The van der Waals surface area contributed by atoms with Crippen LogP contribution in [0.2, 0.25) is 0 Å². The Morgan fingerprint density at radius 3 is 2.37 bits per heavy atom. The lowest BCUT2D eigenvalue weighted by atomic mass is 9.95. The van der Waals surface area contributed by atoms with Crippen LogP contribution in [0.4, 0.5) is 0 Å². The highest BCUT2D eigenvalue weighted by Gasteiger charge is 2.59. The van der Waals surface area contributed by atoms with E-state index in [1.807, 2.05) is 30.3 Å². The molecule has 170 valence electrons. The van der Waals surface area contributed by atoms with Gasteiger partial charge >= 0.3 is 0 Å². The van der Waals surface area contributed by atoms with Crippen molar-refractivity contribution in [3.63, 3.8) is 0 Å². The van der Waals surface area contributed by atoms with Gasteiger partial charge in [-0.2, -0.15) is 13.1 Å². The van der Waals surface area contributed by atoms with Crippen molar-refractivity contribution >= 4 is 20.1 Å². The maximum Gasteiger partial charge on any atom is 0.264 e. The quantitative estimate of drug-likeness (QED) is 0.541. The molecule has 4 atom stereocenters. The highest BCUT2D eigenvalue weighted by atomic mass is 32.2. The van der Waals surface area contributed by atoms with Crippen LogP contribution in [0.25, 0.3) is 0 Å². The third kappa shape index (κ3) is 5.98. The molecule has 0 unspecified atom stereocenters. The fourth-order valence-corrected chi connectivity index (χ4v) is 4.82. The molecule has 0 radical (unpaired) electrons. The van der Waals surface area contributed by atoms with Crippen LogP contribution < -0.4 is 4.72 Å². The minimum atomic E-state index is -3.90. The Bertz CT molecular complexity index is 949. The molecular weight excluding hydrogens is 438 g/mol. The maximum absolute atomic E-state index is 12.1. The summed E-state index contributed by atoms with van der Waals surface area (Å²) in [5.41, 5.74) is -1.01. The second-order valence-electron chi connectivity index (χ2n) is 7.90. The molecule has 2 aliphatic heterocycles. The van der Waals surface area contributed by atoms with E-state index in [0.717, 1.165) is 18.1 Å². The van der Waals surface area contributed by atoms with Gasteiger partial charge in [0.05, 0.1) is 25.7 Å². The molecule has 0 amide bonds. The van der Waals surface area contributed by atoms with Gasteiger partial charge in [0.25, 0.3) is 10.1 Å². The minimum absolute atomic E-state index is 0.0467. The van der Waals surface area contributed by atoms with Crippen LogP contribution in [-0.2, 0) is 49.9 Å². The van der Waals surface area contributed by atoms with E-state index >= 15 is 0 Å². The van der Waals surface area contributed by atoms with Crippen molar-refractivity contribution in [2.45, 2.75) is 50.3 Å².